The fraction of sp³-hybridized carbons (Fsp3) is 0.130. The maximum Gasteiger partial charge on any atom is 0.244 e. The van der Waals surface area contributed by atoms with Crippen molar-refractivity contribution in [3.63, 3.8) is 0 Å². The summed E-state index contributed by atoms with van der Waals surface area (Å²) in [4.78, 5) is 12.9. The first kappa shape index (κ1) is 20.3. The van der Waals surface area contributed by atoms with Gasteiger partial charge in [0, 0.05) is 27.1 Å². The molecule has 1 atom stereocenters. The van der Waals surface area contributed by atoms with Gasteiger partial charge in [0.05, 0.1) is 12.1 Å². The molecular weight excluding hydrogens is 423 g/mol. The first-order valence-corrected chi connectivity index (χ1v) is 10.0. The van der Waals surface area contributed by atoms with Crippen LogP contribution in [0.1, 0.15) is 23.1 Å². The highest BCUT2D eigenvalue weighted by Crippen LogP contribution is 2.59. The summed E-state index contributed by atoms with van der Waals surface area (Å²) in [6.45, 7) is 0. The van der Waals surface area contributed by atoms with Gasteiger partial charge in [-0.1, -0.05) is 47.5 Å². The Labute approximate surface area is 183 Å². The van der Waals surface area contributed by atoms with Crippen LogP contribution in [0.2, 0.25) is 10.0 Å². The van der Waals surface area contributed by atoms with Crippen LogP contribution in [0.4, 0.5) is 0 Å². The van der Waals surface area contributed by atoms with Crippen molar-refractivity contribution in [2.75, 3.05) is 0 Å². The van der Waals surface area contributed by atoms with Gasteiger partial charge in [0.15, 0.2) is 0 Å². The summed E-state index contributed by atoms with van der Waals surface area (Å²) < 4.78 is 0. The Balaban J connectivity index is 1.57. The lowest BCUT2D eigenvalue weighted by Crippen LogP contribution is -2.25. The summed E-state index contributed by atoms with van der Waals surface area (Å²) in [6, 6.07) is 19.1. The molecule has 0 bridgehead atoms. The minimum Gasteiger partial charge on any atom is -0.508 e. The summed E-state index contributed by atoms with van der Waals surface area (Å²) in [5.41, 5.74) is 4.45. The number of nitrogens with zero attached hydrogens (tertiary/aromatic N) is 1. The number of nitrogens with one attached hydrogen (secondary N) is 1. The zero-order valence-electron chi connectivity index (χ0n) is 15.7. The lowest BCUT2D eigenvalue weighted by molar-refractivity contribution is -0.122. The third-order valence-corrected chi connectivity index (χ3v) is 5.89. The Morgan fingerprint density at radius 2 is 1.53 bits per heavy atom. The average molecular weight is 441 g/mol. The third kappa shape index (κ3) is 3.86. The molecule has 30 heavy (non-hydrogen) atoms. The number of phenols is 2. The maximum atomic E-state index is 12.9. The van der Waals surface area contributed by atoms with Gasteiger partial charge in [0.1, 0.15) is 11.5 Å². The molecule has 0 aliphatic heterocycles. The van der Waals surface area contributed by atoms with Crippen LogP contribution in [0.5, 0.6) is 11.5 Å². The van der Waals surface area contributed by atoms with Crippen LogP contribution < -0.4 is 5.43 Å². The van der Waals surface area contributed by atoms with Gasteiger partial charge >= 0.3 is 0 Å². The van der Waals surface area contributed by atoms with Crippen molar-refractivity contribution in [1.82, 2.24) is 5.43 Å². The Kier molecular flexibility index (Phi) is 5.41. The van der Waals surface area contributed by atoms with Crippen LogP contribution in [-0.2, 0) is 10.2 Å². The molecule has 1 aliphatic carbocycles. The standard InChI is InChI=1S/C23H18Cl2N2O3/c24-17-6-2-15(3-7-17)23(16-4-8-18(25)9-5-16)12-20(23)22(30)27-26-13-14-1-10-19(28)11-21(14)29/h1-11,13,20,28-29H,12H2,(H,27,30)/b26-13-/t20-/m0/s1. The van der Waals surface area contributed by atoms with Gasteiger partial charge in [-0.3, -0.25) is 4.79 Å². The summed E-state index contributed by atoms with van der Waals surface area (Å²) in [6.07, 6.45) is 1.96. The van der Waals surface area contributed by atoms with Gasteiger partial charge in [-0.25, -0.2) is 5.43 Å². The fourth-order valence-corrected chi connectivity index (χ4v) is 4.02. The number of rotatable bonds is 5. The van der Waals surface area contributed by atoms with E-state index in [2.05, 4.69) is 10.5 Å². The van der Waals surface area contributed by atoms with E-state index in [4.69, 9.17) is 23.2 Å². The molecule has 1 saturated carbocycles. The van der Waals surface area contributed by atoms with Crippen LogP contribution in [0.15, 0.2) is 71.8 Å². The molecule has 7 heteroatoms. The fourth-order valence-electron chi connectivity index (χ4n) is 3.76. The van der Waals surface area contributed by atoms with E-state index < -0.39 is 5.41 Å². The van der Waals surface area contributed by atoms with Crippen molar-refractivity contribution in [2.24, 2.45) is 11.0 Å². The Morgan fingerprint density at radius 3 is 2.07 bits per heavy atom. The molecule has 1 amide bonds. The van der Waals surface area contributed by atoms with Crippen molar-refractivity contribution in [3.05, 3.63) is 93.5 Å². The van der Waals surface area contributed by atoms with E-state index in [0.717, 1.165) is 11.1 Å². The van der Waals surface area contributed by atoms with E-state index in [1.54, 1.807) is 0 Å². The first-order chi connectivity index (χ1) is 14.4. The van der Waals surface area contributed by atoms with Gasteiger partial charge in [0.25, 0.3) is 0 Å². The highest BCUT2D eigenvalue weighted by molar-refractivity contribution is 6.30. The molecule has 0 radical (unpaired) electrons. The molecule has 0 saturated heterocycles. The Bertz CT molecular complexity index is 1070. The molecule has 3 aromatic rings. The Hall–Kier alpha value is -3.02. The molecule has 1 fully saturated rings. The number of hydrogen-bond donors (Lipinski definition) is 3. The number of phenolic OH excluding ortho intramolecular Hbond substituents is 2. The van der Waals surface area contributed by atoms with E-state index in [1.165, 1.54) is 24.4 Å². The van der Waals surface area contributed by atoms with Gasteiger partial charge in [-0.05, 0) is 53.9 Å². The van der Waals surface area contributed by atoms with E-state index in [-0.39, 0.29) is 23.3 Å². The quantitative estimate of drug-likeness (QED) is 0.391. The van der Waals surface area contributed by atoms with Crippen molar-refractivity contribution >= 4 is 35.3 Å². The predicted octanol–water partition coefficient (Wildman–Crippen LogP) is 4.86. The summed E-state index contributed by atoms with van der Waals surface area (Å²) in [5.74, 6) is -0.724. The van der Waals surface area contributed by atoms with Gasteiger partial charge in [0.2, 0.25) is 5.91 Å². The second-order valence-electron chi connectivity index (χ2n) is 7.22. The van der Waals surface area contributed by atoms with Crippen LogP contribution in [0.3, 0.4) is 0 Å². The highest BCUT2D eigenvalue weighted by Gasteiger charge is 2.60. The minimum absolute atomic E-state index is 0.0534. The number of amides is 1. The zero-order chi connectivity index (χ0) is 21.3. The lowest BCUT2D eigenvalue weighted by atomic mass is 9.85. The molecule has 0 spiro atoms. The average Bonchev–Trinajstić information content (AvgIpc) is 3.47. The number of benzene rings is 3. The van der Waals surface area contributed by atoms with E-state index >= 15 is 0 Å². The number of carbonyl (C=O) groups excluding carboxylic acids is 1. The Morgan fingerprint density at radius 1 is 0.967 bits per heavy atom. The van der Waals surface area contributed by atoms with E-state index in [9.17, 15) is 15.0 Å². The second kappa shape index (κ2) is 8.01. The van der Waals surface area contributed by atoms with Gasteiger partial charge in [-0.2, -0.15) is 5.10 Å². The smallest absolute Gasteiger partial charge is 0.244 e. The van der Waals surface area contributed by atoms with E-state index in [0.29, 0.717) is 22.0 Å². The molecule has 3 N–H and O–H groups in total. The molecule has 4 rings (SSSR count). The first-order valence-electron chi connectivity index (χ1n) is 9.27. The molecule has 0 heterocycles. The van der Waals surface area contributed by atoms with Crippen molar-refractivity contribution in [3.8, 4) is 11.5 Å². The van der Waals surface area contributed by atoms with Crippen LogP contribution in [0, 0.1) is 5.92 Å². The lowest BCUT2D eigenvalue weighted by Gasteiger charge is -2.19. The maximum absolute atomic E-state index is 12.9. The van der Waals surface area contributed by atoms with Crippen molar-refractivity contribution < 1.29 is 15.0 Å². The van der Waals surface area contributed by atoms with Gasteiger partial charge < -0.3 is 10.2 Å². The molecule has 1 aliphatic rings. The second-order valence-corrected chi connectivity index (χ2v) is 8.09. The number of halogens is 2. The SMILES string of the molecule is O=C(N/N=C\c1ccc(O)cc1O)[C@@H]1CC1(c1ccc(Cl)cc1)c1ccc(Cl)cc1. The van der Waals surface area contributed by atoms with Crippen molar-refractivity contribution in [2.45, 2.75) is 11.8 Å². The molecule has 152 valence electrons. The minimum atomic E-state index is -0.477. The predicted molar refractivity (Wildman–Crippen MR) is 117 cm³/mol. The normalized spacial score (nSPS) is 17.1. The number of hydrazone groups is 1. The largest absolute Gasteiger partial charge is 0.508 e. The third-order valence-electron chi connectivity index (χ3n) is 5.39. The molecule has 0 unspecified atom stereocenters. The van der Waals surface area contributed by atoms with Crippen molar-refractivity contribution in [1.29, 1.82) is 0 Å². The highest BCUT2D eigenvalue weighted by atomic mass is 35.5. The molecule has 5 nitrogen and oxygen atoms in total. The number of hydrogen-bond acceptors (Lipinski definition) is 4. The summed E-state index contributed by atoms with van der Waals surface area (Å²) >= 11 is 12.1. The summed E-state index contributed by atoms with van der Waals surface area (Å²) in [5, 5.41) is 24.4. The summed E-state index contributed by atoms with van der Waals surface area (Å²) in [7, 11) is 0. The topological polar surface area (TPSA) is 81.9 Å². The number of carbonyl (C=O) groups is 1. The van der Waals surface area contributed by atoms with Crippen LogP contribution >= 0.6 is 23.2 Å². The molecule has 0 aromatic heterocycles. The van der Waals surface area contributed by atoms with Crippen LogP contribution in [-0.4, -0.2) is 22.3 Å². The van der Waals surface area contributed by atoms with Gasteiger partial charge in [-0.15, -0.1) is 0 Å². The number of aromatic hydroxyl groups is 2. The van der Waals surface area contributed by atoms with Crippen LogP contribution in [0.25, 0.3) is 0 Å². The van der Waals surface area contributed by atoms with E-state index in [1.807, 2.05) is 48.5 Å². The monoisotopic (exact) mass is 440 g/mol. The zero-order valence-corrected chi connectivity index (χ0v) is 17.2. The molecular formula is C23H18Cl2N2O3. The molecule has 3 aromatic carbocycles.